The number of phenolic OH excluding ortho intramolecular Hbond substituents is 1. The average molecular weight is 419 g/mol. The molecule has 0 atom stereocenters. The Bertz CT molecular complexity index is 1430. The number of aryl methyl sites for hydroxylation is 1. The van der Waals surface area contributed by atoms with Gasteiger partial charge in [0.2, 0.25) is 0 Å². The maximum atomic E-state index is 10.4. The number of aromatic amines is 1. The van der Waals surface area contributed by atoms with Crippen molar-refractivity contribution < 1.29 is 5.11 Å². The molecule has 156 valence electrons. The van der Waals surface area contributed by atoms with Gasteiger partial charge >= 0.3 is 0 Å². The van der Waals surface area contributed by atoms with Gasteiger partial charge < -0.3 is 10.1 Å². The number of rotatable bonds is 4. The Morgan fingerprint density at radius 2 is 1.72 bits per heavy atom. The summed E-state index contributed by atoms with van der Waals surface area (Å²) in [5, 5.41) is 16.7. The standard InChI is InChI=1S/C26H21N5O/c1-17-10-13-19(14-11-17)28-26(25-29-22-8-4-5-9-23(22)30-25)31-27-16-21-20-7-3-2-6-18(20)12-15-24(21)32/h2-16,32H,1H3,(H,28,31)(H,29,30)/b27-16+. The Hall–Kier alpha value is -4.45. The van der Waals surface area contributed by atoms with E-state index >= 15 is 0 Å². The molecule has 0 radical (unpaired) electrons. The van der Waals surface area contributed by atoms with E-state index in [0.29, 0.717) is 17.2 Å². The molecule has 0 amide bonds. The number of phenols is 1. The van der Waals surface area contributed by atoms with E-state index in [1.54, 1.807) is 12.3 Å². The topological polar surface area (TPSA) is 85.7 Å². The summed E-state index contributed by atoms with van der Waals surface area (Å²) in [5.41, 5.74) is 7.35. The summed E-state index contributed by atoms with van der Waals surface area (Å²) >= 11 is 0. The third-order valence-corrected chi connectivity index (χ3v) is 5.20. The first-order valence-corrected chi connectivity index (χ1v) is 10.3. The number of hydrazone groups is 1. The minimum atomic E-state index is 0.162. The SMILES string of the molecule is Cc1ccc(N=C(N/N=C/c2c(O)ccc3ccccc23)c2nc3ccccc3[nH]2)cc1. The van der Waals surface area contributed by atoms with Gasteiger partial charge in [0.05, 0.1) is 22.9 Å². The van der Waals surface area contributed by atoms with Crippen LogP contribution in [-0.4, -0.2) is 27.1 Å². The molecule has 3 N–H and O–H groups in total. The number of para-hydroxylation sites is 2. The second-order valence-corrected chi connectivity index (χ2v) is 7.49. The number of benzene rings is 4. The molecular formula is C26H21N5O. The van der Waals surface area contributed by atoms with Gasteiger partial charge in [-0.2, -0.15) is 5.10 Å². The quantitative estimate of drug-likeness (QED) is 0.206. The van der Waals surface area contributed by atoms with E-state index in [1.807, 2.05) is 85.8 Å². The fourth-order valence-electron chi connectivity index (χ4n) is 3.52. The van der Waals surface area contributed by atoms with Crippen LogP contribution >= 0.6 is 0 Å². The van der Waals surface area contributed by atoms with Crippen molar-refractivity contribution in [2.45, 2.75) is 6.92 Å². The van der Waals surface area contributed by atoms with Gasteiger partial charge in [-0.1, -0.05) is 60.2 Å². The highest BCUT2D eigenvalue weighted by molar-refractivity contribution is 6.04. The average Bonchev–Trinajstić information content (AvgIpc) is 3.25. The third kappa shape index (κ3) is 3.94. The number of aliphatic imine (C=N–C) groups is 1. The monoisotopic (exact) mass is 419 g/mol. The number of imidazole rings is 1. The molecule has 0 aliphatic heterocycles. The predicted molar refractivity (Wildman–Crippen MR) is 130 cm³/mol. The maximum Gasteiger partial charge on any atom is 0.190 e. The number of amidine groups is 1. The lowest BCUT2D eigenvalue weighted by Crippen LogP contribution is -2.20. The zero-order chi connectivity index (χ0) is 21.9. The van der Waals surface area contributed by atoms with Gasteiger partial charge in [-0.3, -0.25) is 5.43 Å². The zero-order valence-electron chi connectivity index (χ0n) is 17.4. The van der Waals surface area contributed by atoms with Crippen LogP contribution in [0.3, 0.4) is 0 Å². The second-order valence-electron chi connectivity index (χ2n) is 7.49. The lowest BCUT2D eigenvalue weighted by molar-refractivity contribution is 0.475. The van der Waals surface area contributed by atoms with Crippen LogP contribution in [0.15, 0.2) is 95.0 Å². The van der Waals surface area contributed by atoms with E-state index < -0.39 is 0 Å². The van der Waals surface area contributed by atoms with E-state index in [1.165, 1.54) is 0 Å². The molecule has 6 heteroatoms. The highest BCUT2D eigenvalue weighted by atomic mass is 16.3. The lowest BCUT2D eigenvalue weighted by Gasteiger charge is -2.06. The zero-order valence-corrected chi connectivity index (χ0v) is 17.4. The molecule has 0 fully saturated rings. The van der Waals surface area contributed by atoms with Crippen LogP contribution in [-0.2, 0) is 0 Å². The summed E-state index contributed by atoms with van der Waals surface area (Å²) in [5.74, 6) is 1.21. The number of H-pyrrole nitrogens is 1. The Labute approximate surface area is 185 Å². The number of aromatic hydroxyl groups is 1. The Morgan fingerprint density at radius 1 is 0.938 bits per heavy atom. The van der Waals surface area contributed by atoms with Gasteiger partial charge in [-0.25, -0.2) is 9.98 Å². The minimum Gasteiger partial charge on any atom is -0.507 e. The van der Waals surface area contributed by atoms with Gasteiger partial charge in [0.1, 0.15) is 5.75 Å². The molecule has 0 unspecified atom stereocenters. The lowest BCUT2D eigenvalue weighted by atomic mass is 10.0. The normalized spacial score (nSPS) is 12.1. The van der Waals surface area contributed by atoms with Crippen molar-refractivity contribution in [1.82, 2.24) is 15.4 Å². The number of fused-ring (bicyclic) bond motifs is 2. The Morgan fingerprint density at radius 3 is 2.56 bits per heavy atom. The highest BCUT2D eigenvalue weighted by Crippen LogP contribution is 2.25. The van der Waals surface area contributed by atoms with Crippen molar-refractivity contribution in [2.24, 2.45) is 10.1 Å². The van der Waals surface area contributed by atoms with Crippen LogP contribution in [0.2, 0.25) is 0 Å². The first-order valence-electron chi connectivity index (χ1n) is 10.3. The van der Waals surface area contributed by atoms with Gasteiger partial charge in [-0.05, 0) is 48.0 Å². The van der Waals surface area contributed by atoms with E-state index in [9.17, 15) is 5.11 Å². The van der Waals surface area contributed by atoms with Crippen LogP contribution in [0.25, 0.3) is 21.8 Å². The smallest absolute Gasteiger partial charge is 0.190 e. The van der Waals surface area contributed by atoms with Gasteiger partial charge in [0.25, 0.3) is 0 Å². The van der Waals surface area contributed by atoms with Crippen molar-refractivity contribution in [3.63, 3.8) is 0 Å². The van der Waals surface area contributed by atoms with Gasteiger partial charge in [-0.15, -0.1) is 0 Å². The van der Waals surface area contributed by atoms with Crippen LogP contribution in [0, 0.1) is 6.92 Å². The number of nitrogens with zero attached hydrogens (tertiary/aromatic N) is 3. The first-order chi connectivity index (χ1) is 15.7. The number of aromatic nitrogens is 2. The molecule has 32 heavy (non-hydrogen) atoms. The molecule has 0 aliphatic rings. The van der Waals surface area contributed by atoms with Crippen LogP contribution in [0.4, 0.5) is 5.69 Å². The summed E-state index contributed by atoms with van der Waals surface area (Å²) in [4.78, 5) is 12.7. The summed E-state index contributed by atoms with van der Waals surface area (Å²) in [6.45, 7) is 2.03. The molecule has 4 aromatic carbocycles. The maximum absolute atomic E-state index is 10.4. The number of hydrogen-bond acceptors (Lipinski definition) is 4. The molecule has 0 saturated carbocycles. The van der Waals surface area contributed by atoms with Crippen molar-refractivity contribution in [3.05, 3.63) is 102 Å². The molecular weight excluding hydrogens is 398 g/mol. The molecule has 1 heterocycles. The second kappa shape index (κ2) is 8.35. The van der Waals surface area contributed by atoms with E-state index in [0.717, 1.165) is 33.1 Å². The van der Waals surface area contributed by atoms with Crippen LogP contribution in [0.1, 0.15) is 17.0 Å². The molecule has 6 nitrogen and oxygen atoms in total. The summed E-state index contributed by atoms with van der Waals surface area (Å²) < 4.78 is 0. The summed E-state index contributed by atoms with van der Waals surface area (Å²) in [7, 11) is 0. The van der Waals surface area contributed by atoms with Crippen LogP contribution in [0.5, 0.6) is 5.75 Å². The van der Waals surface area contributed by atoms with Gasteiger partial charge in [0, 0.05) is 5.56 Å². The third-order valence-electron chi connectivity index (χ3n) is 5.20. The molecule has 0 bridgehead atoms. The van der Waals surface area contributed by atoms with Crippen molar-refractivity contribution in [3.8, 4) is 5.75 Å². The number of nitrogens with one attached hydrogen (secondary N) is 2. The van der Waals surface area contributed by atoms with Gasteiger partial charge in [0.15, 0.2) is 11.7 Å². The summed E-state index contributed by atoms with van der Waals surface area (Å²) in [6.07, 6.45) is 1.60. The van der Waals surface area contributed by atoms with E-state index in [-0.39, 0.29) is 5.75 Å². The Kier molecular flexibility index (Phi) is 5.09. The minimum absolute atomic E-state index is 0.162. The Balaban J connectivity index is 1.53. The largest absolute Gasteiger partial charge is 0.507 e. The molecule has 5 aromatic rings. The molecule has 0 spiro atoms. The fraction of sp³-hybridized carbons (Fsp3) is 0.0385. The van der Waals surface area contributed by atoms with Crippen molar-refractivity contribution in [1.29, 1.82) is 0 Å². The summed E-state index contributed by atoms with van der Waals surface area (Å²) in [6, 6.07) is 27.1. The van der Waals surface area contributed by atoms with Crippen molar-refractivity contribution in [2.75, 3.05) is 0 Å². The fourth-order valence-corrected chi connectivity index (χ4v) is 3.52. The molecule has 5 rings (SSSR count). The van der Waals surface area contributed by atoms with Crippen molar-refractivity contribution >= 4 is 39.5 Å². The van der Waals surface area contributed by atoms with Crippen LogP contribution < -0.4 is 5.43 Å². The first kappa shape index (κ1) is 19.5. The van der Waals surface area contributed by atoms with E-state index in [4.69, 9.17) is 4.99 Å². The molecule has 0 saturated heterocycles. The molecule has 0 aliphatic carbocycles. The predicted octanol–water partition coefficient (Wildman–Crippen LogP) is 5.43. The van der Waals surface area contributed by atoms with E-state index in [2.05, 4.69) is 20.5 Å². The number of hydrogen-bond donors (Lipinski definition) is 3. The molecule has 1 aromatic heterocycles. The highest BCUT2D eigenvalue weighted by Gasteiger charge is 2.10.